The average Bonchev–Trinajstić information content (AvgIpc) is 2.59. The number of hydrogen-bond donors (Lipinski definition) is 1. The SMILES string of the molecule is CC(=O)NC(C)(C)C(=O)N1Cc2ccccc2[C@H](c2ccccc2)C1. The van der Waals surface area contributed by atoms with Gasteiger partial charge in [0.25, 0.3) is 0 Å². The van der Waals surface area contributed by atoms with Crippen LogP contribution in [-0.2, 0) is 16.1 Å². The van der Waals surface area contributed by atoms with E-state index in [4.69, 9.17) is 0 Å². The molecular weight excluding hydrogens is 312 g/mol. The molecule has 4 nitrogen and oxygen atoms in total. The van der Waals surface area contributed by atoms with Gasteiger partial charge in [-0.2, -0.15) is 0 Å². The minimum atomic E-state index is -0.917. The van der Waals surface area contributed by atoms with Crippen molar-refractivity contribution >= 4 is 11.8 Å². The van der Waals surface area contributed by atoms with Crippen molar-refractivity contribution in [2.24, 2.45) is 0 Å². The summed E-state index contributed by atoms with van der Waals surface area (Å²) >= 11 is 0. The summed E-state index contributed by atoms with van der Waals surface area (Å²) in [6, 6.07) is 18.6. The van der Waals surface area contributed by atoms with Crippen LogP contribution in [0, 0.1) is 0 Å². The van der Waals surface area contributed by atoms with Crippen LogP contribution in [0.15, 0.2) is 54.6 Å². The molecule has 0 unspecified atom stereocenters. The highest BCUT2D eigenvalue weighted by molar-refractivity contribution is 5.90. The number of amides is 2. The third-order valence-corrected chi connectivity index (χ3v) is 4.71. The molecule has 0 spiro atoms. The van der Waals surface area contributed by atoms with Gasteiger partial charge >= 0.3 is 0 Å². The van der Waals surface area contributed by atoms with Gasteiger partial charge in [0, 0.05) is 25.9 Å². The molecule has 3 rings (SSSR count). The third-order valence-electron chi connectivity index (χ3n) is 4.71. The van der Waals surface area contributed by atoms with Gasteiger partial charge in [0.15, 0.2) is 0 Å². The molecule has 1 N–H and O–H groups in total. The van der Waals surface area contributed by atoms with Crippen molar-refractivity contribution in [1.82, 2.24) is 10.2 Å². The van der Waals surface area contributed by atoms with Crippen LogP contribution in [0.2, 0.25) is 0 Å². The van der Waals surface area contributed by atoms with Gasteiger partial charge in [-0.3, -0.25) is 9.59 Å². The summed E-state index contributed by atoms with van der Waals surface area (Å²) in [4.78, 5) is 26.4. The predicted octanol–water partition coefficient (Wildman–Crippen LogP) is 3.08. The van der Waals surface area contributed by atoms with E-state index in [9.17, 15) is 9.59 Å². The minimum Gasteiger partial charge on any atom is -0.342 e. The van der Waals surface area contributed by atoms with E-state index in [0.29, 0.717) is 13.1 Å². The molecule has 0 bridgehead atoms. The van der Waals surface area contributed by atoms with Crippen molar-refractivity contribution in [3.8, 4) is 0 Å². The van der Waals surface area contributed by atoms with Crippen molar-refractivity contribution in [1.29, 1.82) is 0 Å². The summed E-state index contributed by atoms with van der Waals surface area (Å²) < 4.78 is 0. The summed E-state index contributed by atoms with van der Waals surface area (Å²) in [5, 5.41) is 2.76. The number of benzene rings is 2. The van der Waals surface area contributed by atoms with Gasteiger partial charge in [-0.15, -0.1) is 0 Å². The molecule has 0 saturated heterocycles. The fourth-order valence-corrected chi connectivity index (χ4v) is 3.62. The highest BCUT2D eigenvalue weighted by atomic mass is 16.2. The molecule has 1 aliphatic rings. The average molecular weight is 336 g/mol. The zero-order valence-electron chi connectivity index (χ0n) is 15.0. The number of nitrogens with zero attached hydrogens (tertiary/aromatic N) is 1. The lowest BCUT2D eigenvalue weighted by molar-refractivity contribution is -0.141. The molecule has 1 heterocycles. The van der Waals surface area contributed by atoms with E-state index in [2.05, 4.69) is 29.6 Å². The van der Waals surface area contributed by atoms with Crippen LogP contribution in [0.1, 0.15) is 43.4 Å². The molecule has 2 aromatic carbocycles. The van der Waals surface area contributed by atoms with Gasteiger partial charge in [-0.25, -0.2) is 0 Å². The van der Waals surface area contributed by atoms with Crippen LogP contribution in [0.3, 0.4) is 0 Å². The molecule has 1 atom stereocenters. The summed E-state index contributed by atoms with van der Waals surface area (Å²) in [6.45, 7) is 6.14. The molecule has 2 amide bonds. The fraction of sp³-hybridized carbons (Fsp3) is 0.333. The molecular formula is C21H24N2O2. The van der Waals surface area contributed by atoms with Crippen LogP contribution >= 0.6 is 0 Å². The lowest BCUT2D eigenvalue weighted by Crippen LogP contribution is -2.56. The van der Waals surface area contributed by atoms with Gasteiger partial charge in [-0.05, 0) is 30.5 Å². The normalized spacial score (nSPS) is 16.9. The van der Waals surface area contributed by atoms with Gasteiger partial charge in [0.05, 0.1) is 0 Å². The molecule has 2 aromatic rings. The van der Waals surface area contributed by atoms with Crippen molar-refractivity contribution in [2.75, 3.05) is 6.54 Å². The van der Waals surface area contributed by atoms with Gasteiger partial charge in [-0.1, -0.05) is 54.6 Å². The summed E-state index contributed by atoms with van der Waals surface area (Å²) in [7, 11) is 0. The number of hydrogen-bond acceptors (Lipinski definition) is 2. The molecule has 0 radical (unpaired) electrons. The molecule has 0 fully saturated rings. The Balaban J connectivity index is 1.94. The molecule has 130 valence electrons. The minimum absolute atomic E-state index is 0.0573. The highest BCUT2D eigenvalue weighted by Gasteiger charge is 2.37. The van der Waals surface area contributed by atoms with Gasteiger partial charge in [0.2, 0.25) is 11.8 Å². The number of nitrogens with one attached hydrogen (secondary N) is 1. The lowest BCUT2D eigenvalue weighted by atomic mass is 9.84. The molecule has 0 aliphatic carbocycles. The van der Waals surface area contributed by atoms with E-state index in [0.717, 1.165) is 5.56 Å². The second kappa shape index (κ2) is 6.71. The maximum absolute atomic E-state index is 13.1. The maximum atomic E-state index is 13.1. The number of fused-ring (bicyclic) bond motifs is 1. The number of rotatable bonds is 3. The largest absolute Gasteiger partial charge is 0.342 e. The molecule has 0 aromatic heterocycles. The Bertz CT molecular complexity index is 783. The quantitative estimate of drug-likeness (QED) is 0.936. The monoisotopic (exact) mass is 336 g/mol. The molecule has 4 heteroatoms. The molecule has 25 heavy (non-hydrogen) atoms. The van der Waals surface area contributed by atoms with Crippen LogP contribution in [-0.4, -0.2) is 28.8 Å². The van der Waals surface area contributed by atoms with Crippen molar-refractivity contribution in [3.63, 3.8) is 0 Å². The Kier molecular flexibility index (Phi) is 4.62. The van der Waals surface area contributed by atoms with Crippen LogP contribution in [0.5, 0.6) is 0 Å². The van der Waals surface area contributed by atoms with Gasteiger partial charge < -0.3 is 10.2 Å². The fourth-order valence-electron chi connectivity index (χ4n) is 3.62. The lowest BCUT2D eigenvalue weighted by Gasteiger charge is -2.39. The van der Waals surface area contributed by atoms with E-state index in [1.807, 2.05) is 35.2 Å². The van der Waals surface area contributed by atoms with E-state index in [-0.39, 0.29) is 17.7 Å². The van der Waals surface area contributed by atoms with Gasteiger partial charge in [0.1, 0.15) is 5.54 Å². The van der Waals surface area contributed by atoms with E-state index < -0.39 is 5.54 Å². The zero-order chi connectivity index (χ0) is 18.0. The first kappa shape index (κ1) is 17.2. The van der Waals surface area contributed by atoms with E-state index in [1.165, 1.54) is 18.1 Å². The first-order valence-electron chi connectivity index (χ1n) is 8.59. The number of carbonyl (C=O) groups excluding carboxylic acids is 2. The Morgan fingerprint density at radius 3 is 2.36 bits per heavy atom. The maximum Gasteiger partial charge on any atom is 0.248 e. The second-order valence-corrected chi connectivity index (χ2v) is 7.15. The van der Waals surface area contributed by atoms with Crippen LogP contribution < -0.4 is 5.32 Å². The first-order valence-corrected chi connectivity index (χ1v) is 8.59. The summed E-state index contributed by atoms with van der Waals surface area (Å²) in [5.41, 5.74) is 2.72. The Morgan fingerprint density at radius 1 is 1.04 bits per heavy atom. The third kappa shape index (κ3) is 3.58. The topological polar surface area (TPSA) is 49.4 Å². The molecule has 0 saturated carbocycles. The Labute approximate surface area is 148 Å². The van der Waals surface area contributed by atoms with Crippen molar-refractivity contribution in [2.45, 2.75) is 38.8 Å². The zero-order valence-corrected chi connectivity index (χ0v) is 15.0. The second-order valence-electron chi connectivity index (χ2n) is 7.15. The predicted molar refractivity (Wildman–Crippen MR) is 98.0 cm³/mol. The highest BCUT2D eigenvalue weighted by Crippen LogP contribution is 2.34. The first-order chi connectivity index (χ1) is 11.9. The van der Waals surface area contributed by atoms with Crippen molar-refractivity contribution in [3.05, 3.63) is 71.3 Å². The van der Waals surface area contributed by atoms with E-state index >= 15 is 0 Å². The summed E-state index contributed by atoms with van der Waals surface area (Å²) in [5.74, 6) is -0.114. The van der Waals surface area contributed by atoms with Crippen molar-refractivity contribution < 1.29 is 9.59 Å². The number of carbonyl (C=O) groups is 2. The Hall–Kier alpha value is -2.62. The smallest absolute Gasteiger partial charge is 0.248 e. The Morgan fingerprint density at radius 2 is 1.68 bits per heavy atom. The van der Waals surface area contributed by atoms with Crippen LogP contribution in [0.25, 0.3) is 0 Å². The standard InChI is InChI=1S/C21H24N2O2/c1-15(24)22-21(2,3)20(25)23-13-17-11-7-8-12-18(17)19(14-23)16-9-5-4-6-10-16/h4-12,19H,13-14H2,1-3H3,(H,22,24)/t19-/m0/s1. The molecule has 1 aliphatic heterocycles. The van der Waals surface area contributed by atoms with E-state index in [1.54, 1.807) is 13.8 Å². The summed E-state index contributed by atoms with van der Waals surface area (Å²) in [6.07, 6.45) is 0. The van der Waals surface area contributed by atoms with Crippen LogP contribution in [0.4, 0.5) is 0 Å².